The Kier molecular flexibility index (Phi) is 5.37. The normalized spacial score (nSPS) is 10.7. The third-order valence-corrected chi connectivity index (χ3v) is 4.33. The molecule has 3 rings (SSSR count). The molecule has 27 heavy (non-hydrogen) atoms. The van der Waals surface area contributed by atoms with Gasteiger partial charge >= 0.3 is 5.63 Å². The Hall–Kier alpha value is -2.99. The van der Waals surface area contributed by atoms with Gasteiger partial charge in [0.15, 0.2) is 6.61 Å². The van der Waals surface area contributed by atoms with E-state index in [-0.39, 0.29) is 18.3 Å². The van der Waals surface area contributed by atoms with Gasteiger partial charge in [-0.3, -0.25) is 4.79 Å². The summed E-state index contributed by atoms with van der Waals surface area (Å²) in [5.41, 5.74) is 2.37. The highest BCUT2D eigenvalue weighted by Crippen LogP contribution is 2.31. The first-order valence-electron chi connectivity index (χ1n) is 8.27. The van der Waals surface area contributed by atoms with Gasteiger partial charge in [0.2, 0.25) is 0 Å². The van der Waals surface area contributed by atoms with Crippen molar-refractivity contribution in [3.05, 3.63) is 63.5 Å². The van der Waals surface area contributed by atoms with Crippen LogP contribution in [0.25, 0.3) is 11.0 Å². The number of halogens is 1. The van der Waals surface area contributed by atoms with E-state index in [2.05, 4.69) is 5.32 Å². The quantitative estimate of drug-likeness (QED) is 0.674. The minimum atomic E-state index is -0.452. The first-order valence-corrected chi connectivity index (χ1v) is 8.65. The summed E-state index contributed by atoms with van der Waals surface area (Å²) in [7, 11) is 3.89. The van der Waals surface area contributed by atoms with Gasteiger partial charge in [-0.2, -0.15) is 0 Å². The molecule has 1 aromatic heterocycles. The van der Waals surface area contributed by atoms with Crippen molar-refractivity contribution in [1.82, 2.24) is 0 Å². The molecule has 0 radical (unpaired) electrons. The maximum absolute atomic E-state index is 12.1. The van der Waals surface area contributed by atoms with Crippen LogP contribution in [-0.4, -0.2) is 26.6 Å². The first-order chi connectivity index (χ1) is 12.8. The highest BCUT2D eigenvalue weighted by Gasteiger charge is 2.11. The van der Waals surface area contributed by atoms with Crippen molar-refractivity contribution in [3.8, 4) is 5.75 Å². The average Bonchev–Trinajstić information content (AvgIpc) is 2.61. The summed E-state index contributed by atoms with van der Waals surface area (Å²) in [6.45, 7) is 1.57. The molecule has 0 aliphatic heterocycles. The number of nitrogens with zero attached hydrogens (tertiary/aromatic N) is 1. The van der Waals surface area contributed by atoms with Gasteiger partial charge in [0.05, 0.1) is 5.02 Å². The number of nitrogens with one attached hydrogen (secondary N) is 1. The molecule has 1 heterocycles. The molecule has 6 nitrogen and oxygen atoms in total. The van der Waals surface area contributed by atoms with E-state index in [0.29, 0.717) is 16.3 Å². The predicted octanol–water partition coefficient (Wildman–Crippen LogP) is 3.84. The van der Waals surface area contributed by atoms with E-state index in [1.807, 2.05) is 43.3 Å². The molecule has 140 valence electrons. The van der Waals surface area contributed by atoms with Crippen LogP contribution in [-0.2, 0) is 4.79 Å². The SMILES string of the molecule is Cc1cc(=O)oc2cc(OCC(=O)Nc3ccc(N(C)C)cc3)c(Cl)cc12. The lowest BCUT2D eigenvalue weighted by atomic mass is 10.1. The molecule has 0 atom stereocenters. The van der Waals surface area contributed by atoms with Crippen molar-refractivity contribution in [3.63, 3.8) is 0 Å². The van der Waals surface area contributed by atoms with Gasteiger partial charge in [-0.1, -0.05) is 11.6 Å². The Labute approximate surface area is 161 Å². The molecule has 2 aromatic carbocycles. The highest BCUT2D eigenvalue weighted by atomic mass is 35.5. The molecule has 0 spiro atoms. The molecular formula is C20H19ClN2O4. The van der Waals surface area contributed by atoms with Gasteiger partial charge < -0.3 is 19.4 Å². The molecule has 1 amide bonds. The van der Waals surface area contributed by atoms with Gasteiger partial charge in [0.25, 0.3) is 5.91 Å². The number of ether oxygens (including phenoxy) is 1. The van der Waals surface area contributed by atoms with Gasteiger partial charge in [0.1, 0.15) is 11.3 Å². The zero-order valence-electron chi connectivity index (χ0n) is 15.2. The van der Waals surface area contributed by atoms with Crippen LogP contribution in [0.15, 0.2) is 51.7 Å². The molecule has 7 heteroatoms. The number of carbonyl (C=O) groups is 1. The Bertz CT molecular complexity index is 1040. The Morgan fingerprint density at radius 2 is 1.89 bits per heavy atom. The zero-order valence-corrected chi connectivity index (χ0v) is 16.0. The summed E-state index contributed by atoms with van der Waals surface area (Å²) >= 11 is 6.22. The molecule has 0 saturated carbocycles. The monoisotopic (exact) mass is 386 g/mol. The lowest BCUT2D eigenvalue weighted by molar-refractivity contribution is -0.118. The van der Waals surface area contributed by atoms with Crippen LogP contribution in [0.2, 0.25) is 5.02 Å². The summed E-state index contributed by atoms with van der Waals surface area (Å²) in [5, 5.41) is 3.81. The van der Waals surface area contributed by atoms with Crippen LogP contribution < -0.4 is 20.6 Å². The highest BCUT2D eigenvalue weighted by molar-refractivity contribution is 6.32. The number of rotatable bonds is 5. The van der Waals surface area contributed by atoms with Crippen LogP contribution in [0.4, 0.5) is 11.4 Å². The Balaban J connectivity index is 1.69. The van der Waals surface area contributed by atoms with Crippen molar-refractivity contribution in [2.45, 2.75) is 6.92 Å². The van der Waals surface area contributed by atoms with Crippen molar-refractivity contribution in [2.24, 2.45) is 0 Å². The topological polar surface area (TPSA) is 71.8 Å². The largest absolute Gasteiger partial charge is 0.482 e. The van der Waals surface area contributed by atoms with Crippen molar-refractivity contribution < 1.29 is 13.9 Å². The van der Waals surface area contributed by atoms with Crippen LogP contribution in [0.3, 0.4) is 0 Å². The molecule has 3 aromatic rings. The van der Waals surface area contributed by atoms with E-state index < -0.39 is 5.63 Å². The first kappa shape index (κ1) is 18.8. The van der Waals surface area contributed by atoms with Crippen LogP contribution >= 0.6 is 11.6 Å². The second-order valence-electron chi connectivity index (χ2n) is 6.31. The fraction of sp³-hybridized carbons (Fsp3) is 0.200. The maximum Gasteiger partial charge on any atom is 0.336 e. The minimum absolute atomic E-state index is 0.225. The molecular weight excluding hydrogens is 368 g/mol. The van der Waals surface area contributed by atoms with Crippen molar-refractivity contribution >= 4 is 39.9 Å². The fourth-order valence-corrected chi connectivity index (χ4v) is 2.83. The standard InChI is InChI=1S/C20H19ClN2O4/c1-12-8-20(25)27-17-10-18(16(21)9-15(12)17)26-11-19(24)22-13-4-6-14(7-5-13)23(2)3/h4-10H,11H2,1-3H3,(H,22,24). The van der Waals surface area contributed by atoms with Crippen LogP contribution in [0.1, 0.15) is 5.56 Å². The second-order valence-corrected chi connectivity index (χ2v) is 6.71. The van der Waals surface area contributed by atoms with Gasteiger partial charge in [-0.25, -0.2) is 4.79 Å². The Morgan fingerprint density at radius 1 is 1.19 bits per heavy atom. The van der Waals surface area contributed by atoms with Crippen LogP contribution in [0, 0.1) is 6.92 Å². The summed E-state index contributed by atoms with van der Waals surface area (Å²) in [4.78, 5) is 25.6. The van der Waals surface area contributed by atoms with Crippen LogP contribution in [0.5, 0.6) is 5.75 Å². The molecule has 0 aliphatic carbocycles. The smallest absolute Gasteiger partial charge is 0.336 e. The number of fused-ring (bicyclic) bond motifs is 1. The van der Waals surface area contributed by atoms with E-state index in [1.54, 1.807) is 13.0 Å². The molecule has 0 aliphatic rings. The third kappa shape index (κ3) is 4.41. The van der Waals surface area contributed by atoms with E-state index in [1.165, 1.54) is 12.1 Å². The number of carbonyl (C=O) groups excluding carboxylic acids is 1. The number of hydrogen-bond acceptors (Lipinski definition) is 5. The van der Waals surface area contributed by atoms with E-state index in [4.69, 9.17) is 20.8 Å². The number of benzene rings is 2. The summed E-state index contributed by atoms with van der Waals surface area (Å²) in [6, 6.07) is 12.0. The molecule has 1 N–H and O–H groups in total. The number of hydrogen-bond donors (Lipinski definition) is 1. The molecule has 0 unspecified atom stereocenters. The third-order valence-electron chi connectivity index (χ3n) is 4.03. The van der Waals surface area contributed by atoms with E-state index in [0.717, 1.165) is 16.6 Å². The number of amides is 1. The van der Waals surface area contributed by atoms with Crippen molar-refractivity contribution in [1.29, 1.82) is 0 Å². The predicted molar refractivity (Wildman–Crippen MR) is 107 cm³/mol. The molecule has 0 bridgehead atoms. The fourth-order valence-electron chi connectivity index (χ4n) is 2.61. The minimum Gasteiger partial charge on any atom is -0.482 e. The average molecular weight is 387 g/mol. The summed E-state index contributed by atoms with van der Waals surface area (Å²) < 4.78 is 10.7. The second kappa shape index (κ2) is 7.72. The van der Waals surface area contributed by atoms with E-state index in [9.17, 15) is 9.59 Å². The number of anilines is 2. The zero-order chi connectivity index (χ0) is 19.6. The molecule has 0 saturated heterocycles. The van der Waals surface area contributed by atoms with Gasteiger partial charge in [0, 0.05) is 43.0 Å². The van der Waals surface area contributed by atoms with Gasteiger partial charge in [-0.15, -0.1) is 0 Å². The lowest BCUT2D eigenvalue weighted by Crippen LogP contribution is -2.20. The maximum atomic E-state index is 12.1. The molecule has 0 fully saturated rings. The lowest BCUT2D eigenvalue weighted by Gasteiger charge is -2.13. The van der Waals surface area contributed by atoms with Gasteiger partial charge in [-0.05, 0) is 42.8 Å². The Morgan fingerprint density at radius 3 is 2.56 bits per heavy atom. The van der Waals surface area contributed by atoms with Crippen molar-refractivity contribution in [2.75, 3.05) is 30.9 Å². The summed E-state index contributed by atoms with van der Waals surface area (Å²) in [6.07, 6.45) is 0. The van der Waals surface area contributed by atoms with E-state index >= 15 is 0 Å². The number of aryl methyl sites for hydroxylation is 1. The summed E-state index contributed by atoms with van der Waals surface area (Å²) in [5.74, 6) is -0.0505.